The van der Waals surface area contributed by atoms with Crippen molar-refractivity contribution in [1.29, 1.82) is 0 Å². The standard InChI is InChI=1S/C13H10ClF3N2O2/c1-6-10(15)11(14)19-12(18-6)7-3-4-8(20-2)9(5-7)21-13(16)17/h3-5,13H,1-2H3. The SMILES string of the molecule is COc1ccc(-c2nc(C)c(F)c(Cl)n2)cc1OC(F)F. The number of benzene rings is 1. The van der Waals surface area contributed by atoms with Gasteiger partial charge < -0.3 is 9.47 Å². The molecule has 0 N–H and O–H groups in total. The number of nitrogens with zero attached hydrogens (tertiary/aromatic N) is 2. The van der Waals surface area contributed by atoms with E-state index in [0.717, 1.165) is 0 Å². The van der Waals surface area contributed by atoms with Gasteiger partial charge in [0, 0.05) is 5.56 Å². The second-order valence-electron chi connectivity index (χ2n) is 3.98. The first kappa shape index (κ1) is 15.4. The molecule has 2 rings (SSSR count). The third-order valence-electron chi connectivity index (χ3n) is 2.61. The zero-order valence-corrected chi connectivity index (χ0v) is 11.8. The molecule has 0 aliphatic heterocycles. The number of rotatable bonds is 4. The highest BCUT2D eigenvalue weighted by molar-refractivity contribution is 6.29. The lowest BCUT2D eigenvalue weighted by molar-refractivity contribution is -0.0511. The molecule has 4 nitrogen and oxygen atoms in total. The van der Waals surface area contributed by atoms with Gasteiger partial charge in [-0.1, -0.05) is 11.6 Å². The molecule has 0 spiro atoms. The zero-order valence-electron chi connectivity index (χ0n) is 11.0. The molecule has 21 heavy (non-hydrogen) atoms. The number of ether oxygens (including phenoxy) is 2. The minimum Gasteiger partial charge on any atom is -0.493 e. The van der Waals surface area contributed by atoms with Gasteiger partial charge in [0.25, 0.3) is 0 Å². The van der Waals surface area contributed by atoms with Crippen molar-refractivity contribution in [1.82, 2.24) is 9.97 Å². The number of alkyl halides is 2. The van der Waals surface area contributed by atoms with E-state index in [2.05, 4.69) is 14.7 Å². The Morgan fingerprint density at radius 1 is 1.19 bits per heavy atom. The van der Waals surface area contributed by atoms with Crippen molar-refractivity contribution in [3.63, 3.8) is 0 Å². The van der Waals surface area contributed by atoms with Gasteiger partial charge in [-0.25, -0.2) is 14.4 Å². The molecule has 0 aliphatic rings. The fourth-order valence-corrected chi connectivity index (χ4v) is 1.87. The van der Waals surface area contributed by atoms with Gasteiger partial charge in [-0.2, -0.15) is 8.78 Å². The van der Waals surface area contributed by atoms with Crippen LogP contribution in [-0.2, 0) is 0 Å². The van der Waals surface area contributed by atoms with Gasteiger partial charge in [0.2, 0.25) is 0 Å². The van der Waals surface area contributed by atoms with E-state index >= 15 is 0 Å². The van der Waals surface area contributed by atoms with Crippen molar-refractivity contribution in [2.24, 2.45) is 0 Å². The molecule has 112 valence electrons. The average Bonchev–Trinajstić information content (AvgIpc) is 2.43. The molecule has 0 atom stereocenters. The van der Waals surface area contributed by atoms with Crippen molar-refractivity contribution in [2.45, 2.75) is 13.5 Å². The van der Waals surface area contributed by atoms with Crippen LogP contribution in [0.15, 0.2) is 18.2 Å². The smallest absolute Gasteiger partial charge is 0.387 e. The van der Waals surface area contributed by atoms with Gasteiger partial charge >= 0.3 is 6.61 Å². The summed E-state index contributed by atoms with van der Waals surface area (Å²) in [5, 5.41) is -0.343. The summed E-state index contributed by atoms with van der Waals surface area (Å²) in [4.78, 5) is 7.70. The maximum Gasteiger partial charge on any atom is 0.387 e. The first-order valence-corrected chi connectivity index (χ1v) is 6.13. The Balaban J connectivity index is 2.49. The Labute approximate surface area is 123 Å². The van der Waals surface area contributed by atoms with Crippen LogP contribution >= 0.6 is 11.6 Å². The fraction of sp³-hybridized carbons (Fsp3) is 0.231. The van der Waals surface area contributed by atoms with E-state index in [0.29, 0.717) is 5.56 Å². The molecule has 1 heterocycles. The highest BCUT2D eigenvalue weighted by Gasteiger charge is 2.15. The lowest BCUT2D eigenvalue weighted by Crippen LogP contribution is -2.04. The van der Waals surface area contributed by atoms with Crippen molar-refractivity contribution in [3.8, 4) is 22.9 Å². The van der Waals surface area contributed by atoms with Crippen LogP contribution in [0.25, 0.3) is 11.4 Å². The quantitative estimate of drug-likeness (QED) is 0.803. The highest BCUT2D eigenvalue weighted by Crippen LogP contribution is 2.33. The minimum atomic E-state index is -3.01. The lowest BCUT2D eigenvalue weighted by Gasteiger charge is -2.11. The van der Waals surface area contributed by atoms with Crippen LogP contribution in [0.1, 0.15) is 5.69 Å². The molecule has 0 radical (unpaired) electrons. The normalized spacial score (nSPS) is 10.8. The number of halogens is 4. The van der Waals surface area contributed by atoms with Gasteiger partial charge in [0.1, 0.15) is 0 Å². The van der Waals surface area contributed by atoms with E-state index in [9.17, 15) is 13.2 Å². The maximum atomic E-state index is 13.4. The molecular weight excluding hydrogens is 309 g/mol. The van der Waals surface area contributed by atoms with Crippen LogP contribution in [-0.4, -0.2) is 23.7 Å². The molecule has 0 bridgehead atoms. The van der Waals surface area contributed by atoms with Crippen molar-refractivity contribution in [3.05, 3.63) is 34.9 Å². The van der Waals surface area contributed by atoms with E-state index in [-0.39, 0.29) is 28.2 Å². The second kappa shape index (κ2) is 6.17. The summed E-state index contributed by atoms with van der Waals surface area (Å²) in [6.45, 7) is -1.58. The van der Waals surface area contributed by atoms with Gasteiger partial charge in [-0.15, -0.1) is 0 Å². The Bertz CT molecular complexity index is 645. The molecule has 0 saturated heterocycles. The summed E-state index contributed by atoms with van der Waals surface area (Å²) < 4.78 is 47.4. The number of methoxy groups -OCH3 is 1. The molecule has 0 aliphatic carbocycles. The largest absolute Gasteiger partial charge is 0.493 e. The average molecular weight is 319 g/mol. The van der Waals surface area contributed by atoms with Gasteiger partial charge in [-0.3, -0.25) is 0 Å². The molecule has 0 unspecified atom stereocenters. The van der Waals surface area contributed by atoms with Crippen molar-refractivity contribution >= 4 is 11.6 Å². The predicted molar refractivity (Wildman–Crippen MR) is 70.4 cm³/mol. The first-order valence-electron chi connectivity index (χ1n) is 5.75. The number of aromatic nitrogens is 2. The molecule has 1 aromatic heterocycles. The maximum absolute atomic E-state index is 13.4. The third-order valence-corrected chi connectivity index (χ3v) is 2.86. The molecule has 0 saturated carbocycles. The number of hydrogen-bond acceptors (Lipinski definition) is 4. The van der Waals surface area contributed by atoms with Gasteiger partial charge in [0.15, 0.2) is 28.3 Å². The zero-order chi connectivity index (χ0) is 15.6. The minimum absolute atomic E-state index is 0.0529. The summed E-state index contributed by atoms with van der Waals surface area (Å²) in [5.74, 6) is -0.672. The first-order chi connectivity index (χ1) is 9.92. The van der Waals surface area contributed by atoms with Gasteiger partial charge in [-0.05, 0) is 25.1 Å². The molecule has 2 aromatic rings. The Kier molecular flexibility index (Phi) is 4.52. The van der Waals surface area contributed by atoms with Crippen LogP contribution in [0.4, 0.5) is 13.2 Å². The number of aryl methyl sites for hydroxylation is 1. The Hall–Kier alpha value is -2.02. The monoisotopic (exact) mass is 318 g/mol. The van der Waals surface area contributed by atoms with E-state index < -0.39 is 12.4 Å². The predicted octanol–water partition coefficient (Wildman–Crippen LogP) is 3.85. The third kappa shape index (κ3) is 3.36. The van der Waals surface area contributed by atoms with Crippen LogP contribution in [0.3, 0.4) is 0 Å². The summed E-state index contributed by atoms with van der Waals surface area (Å²) in [6, 6.07) is 4.22. The van der Waals surface area contributed by atoms with Crippen molar-refractivity contribution in [2.75, 3.05) is 7.11 Å². The second-order valence-corrected chi connectivity index (χ2v) is 4.34. The summed E-state index contributed by atoms with van der Waals surface area (Å²) in [7, 11) is 1.32. The van der Waals surface area contributed by atoms with Crippen LogP contribution in [0.2, 0.25) is 5.15 Å². The van der Waals surface area contributed by atoms with Gasteiger partial charge in [0.05, 0.1) is 12.8 Å². The topological polar surface area (TPSA) is 44.2 Å². The van der Waals surface area contributed by atoms with E-state index in [1.165, 1.54) is 32.2 Å². The fourth-order valence-electron chi connectivity index (χ4n) is 1.66. The summed E-state index contributed by atoms with van der Waals surface area (Å²) in [5.41, 5.74) is 0.397. The highest BCUT2D eigenvalue weighted by atomic mass is 35.5. The molecule has 0 amide bonds. The molecule has 0 fully saturated rings. The van der Waals surface area contributed by atoms with Crippen molar-refractivity contribution < 1.29 is 22.6 Å². The molecule has 1 aromatic carbocycles. The Morgan fingerprint density at radius 2 is 1.90 bits per heavy atom. The van der Waals surface area contributed by atoms with Crippen LogP contribution < -0.4 is 9.47 Å². The van der Waals surface area contributed by atoms with Crippen LogP contribution in [0.5, 0.6) is 11.5 Å². The lowest BCUT2D eigenvalue weighted by atomic mass is 10.2. The molecular formula is C13H10ClF3N2O2. The summed E-state index contributed by atoms with van der Waals surface area (Å²) in [6.07, 6.45) is 0. The van der Waals surface area contributed by atoms with Crippen LogP contribution in [0, 0.1) is 12.7 Å². The van der Waals surface area contributed by atoms with E-state index in [4.69, 9.17) is 16.3 Å². The van der Waals surface area contributed by atoms with E-state index in [1.807, 2.05) is 0 Å². The Morgan fingerprint density at radius 3 is 2.48 bits per heavy atom. The molecule has 8 heteroatoms. The number of hydrogen-bond donors (Lipinski definition) is 0. The van der Waals surface area contributed by atoms with E-state index in [1.54, 1.807) is 0 Å². The summed E-state index contributed by atoms with van der Waals surface area (Å²) >= 11 is 5.65.